The number of nitrogens with one attached hydrogen (secondary N) is 1. The highest BCUT2D eigenvalue weighted by Gasteiger charge is 2.10. The van der Waals surface area contributed by atoms with Crippen molar-refractivity contribution in [1.82, 2.24) is 10.3 Å². The molecule has 1 aromatic heterocycles. The van der Waals surface area contributed by atoms with Crippen LogP contribution in [0.25, 0.3) is 11.5 Å². The molecule has 0 bridgehead atoms. The second-order valence-corrected chi connectivity index (χ2v) is 6.38. The van der Waals surface area contributed by atoms with Crippen LogP contribution >= 0.6 is 38.5 Å². The van der Waals surface area contributed by atoms with E-state index in [1.165, 1.54) is 0 Å². The van der Waals surface area contributed by atoms with E-state index in [4.69, 9.17) is 4.42 Å². The maximum Gasteiger partial charge on any atom is 0.227 e. The quantitative estimate of drug-likeness (QED) is 0.753. The van der Waals surface area contributed by atoms with Gasteiger partial charge in [-0.05, 0) is 40.8 Å². The van der Waals surface area contributed by atoms with E-state index in [2.05, 4.69) is 62.7 Å². The second-order valence-electron chi connectivity index (χ2n) is 4.30. The van der Waals surface area contributed by atoms with Gasteiger partial charge >= 0.3 is 0 Å². The van der Waals surface area contributed by atoms with Crippen molar-refractivity contribution in [2.75, 3.05) is 0 Å². The Hall–Kier alpha value is -0.400. The Labute approximate surface area is 129 Å². The molecule has 1 heterocycles. The maximum atomic E-state index is 5.54. The summed E-state index contributed by atoms with van der Waals surface area (Å²) in [4.78, 5) is 4.50. The molecule has 5 heteroatoms. The van der Waals surface area contributed by atoms with Crippen molar-refractivity contribution < 1.29 is 4.42 Å². The van der Waals surface area contributed by atoms with Crippen molar-refractivity contribution >= 4 is 38.5 Å². The molecule has 0 amide bonds. The lowest BCUT2D eigenvalue weighted by Crippen LogP contribution is -2.21. The third kappa shape index (κ3) is 3.55. The van der Waals surface area contributed by atoms with E-state index in [0.717, 1.165) is 25.8 Å². The third-order valence-corrected chi connectivity index (χ3v) is 3.84. The largest absolute Gasteiger partial charge is 0.444 e. The lowest BCUT2D eigenvalue weighted by Gasteiger charge is -2.04. The molecule has 18 heavy (non-hydrogen) atoms. The zero-order chi connectivity index (χ0) is 13.1. The molecule has 0 aliphatic heterocycles. The predicted octanol–water partition coefficient (Wildman–Crippen LogP) is 4.21. The number of benzene rings is 1. The Morgan fingerprint density at radius 2 is 2.22 bits per heavy atom. The summed E-state index contributed by atoms with van der Waals surface area (Å²) in [5.74, 6) is 0.668. The SMILES string of the molecule is CC(C)NCc1coc(-c2cc(Br)ccc2I)n1. The molecule has 0 saturated heterocycles. The van der Waals surface area contributed by atoms with Crippen LogP contribution in [-0.2, 0) is 6.54 Å². The van der Waals surface area contributed by atoms with E-state index in [1.807, 2.05) is 18.2 Å². The van der Waals surface area contributed by atoms with Gasteiger partial charge in [0.2, 0.25) is 5.89 Å². The predicted molar refractivity (Wildman–Crippen MR) is 84.3 cm³/mol. The van der Waals surface area contributed by atoms with Crippen LogP contribution in [0.5, 0.6) is 0 Å². The number of hydrogen-bond acceptors (Lipinski definition) is 3. The first-order chi connectivity index (χ1) is 8.56. The molecule has 3 nitrogen and oxygen atoms in total. The van der Waals surface area contributed by atoms with Gasteiger partial charge in [-0.15, -0.1) is 0 Å². The molecule has 0 aliphatic carbocycles. The summed E-state index contributed by atoms with van der Waals surface area (Å²) in [6, 6.07) is 6.51. The molecule has 1 N–H and O–H groups in total. The van der Waals surface area contributed by atoms with Crippen LogP contribution in [0.1, 0.15) is 19.5 Å². The van der Waals surface area contributed by atoms with Crippen molar-refractivity contribution in [3.63, 3.8) is 0 Å². The minimum absolute atomic E-state index is 0.441. The molecular weight excluding hydrogens is 407 g/mol. The average Bonchev–Trinajstić information content (AvgIpc) is 2.78. The third-order valence-electron chi connectivity index (χ3n) is 2.40. The molecule has 0 spiro atoms. The van der Waals surface area contributed by atoms with Gasteiger partial charge in [0.15, 0.2) is 0 Å². The standard InChI is InChI=1S/C13H14BrIN2O/c1-8(2)16-6-10-7-18-13(17-10)11-5-9(14)3-4-12(11)15/h3-5,7-8,16H,6H2,1-2H3. The number of hydrogen-bond donors (Lipinski definition) is 1. The van der Waals surface area contributed by atoms with Crippen LogP contribution in [0.15, 0.2) is 33.4 Å². The molecule has 0 radical (unpaired) electrons. The Bertz CT molecular complexity index is 540. The van der Waals surface area contributed by atoms with Gasteiger partial charge in [-0.3, -0.25) is 0 Å². The Kier molecular flexibility index (Phi) is 4.80. The van der Waals surface area contributed by atoms with Crippen LogP contribution in [-0.4, -0.2) is 11.0 Å². The van der Waals surface area contributed by atoms with Gasteiger partial charge < -0.3 is 9.73 Å². The van der Waals surface area contributed by atoms with E-state index >= 15 is 0 Å². The molecular formula is C13H14BrIN2O. The summed E-state index contributed by atoms with van der Waals surface area (Å²) in [6.45, 7) is 4.95. The fourth-order valence-electron chi connectivity index (χ4n) is 1.48. The molecule has 1 aromatic carbocycles. The lowest BCUT2D eigenvalue weighted by molar-refractivity contribution is 0.560. The van der Waals surface area contributed by atoms with Crippen molar-refractivity contribution in [2.45, 2.75) is 26.4 Å². The molecule has 0 fully saturated rings. The van der Waals surface area contributed by atoms with E-state index in [-0.39, 0.29) is 0 Å². The Balaban J connectivity index is 2.21. The Morgan fingerprint density at radius 1 is 1.44 bits per heavy atom. The van der Waals surface area contributed by atoms with Gasteiger partial charge in [-0.25, -0.2) is 4.98 Å². The number of oxazole rings is 1. The summed E-state index contributed by atoms with van der Waals surface area (Å²) in [5, 5.41) is 3.32. The maximum absolute atomic E-state index is 5.54. The zero-order valence-electron chi connectivity index (χ0n) is 10.2. The molecule has 0 atom stereocenters. The first-order valence-corrected chi connectivity index (χ1v) is 7.56. The number of rotatable bonds is 4. The van der Waals surface area contributed by atoms with Crippen LogP contribution in [0.3, 0.4) is 0 Å². The van der Waals surface area contributed by atoms with Gasteiger partial charge in [0.1, 0.15) is 6.26 Å². The van der Waals surface area contributed by atoms with Crippen LogP contribution in [0.4, 0.5) is 0 Å². The summed E-state index contributed by atoms with van der Waals surface area (Å²) in [5.41, 5.74) is 1.94. The van der Waals surface area contributed by atoms with Crippen molar-refractivity contribution in [3.8, 4) is 11.5 Å². The normalized spacial score (nSPS) is 11.2. The van der Waals surface area contributed by atoms with Crippen LogP contribution < -0.4 is 5.32 Å². The average molecular weight is 421 g/mol. The van der Waals surface area contributed by atoms with Gasteiger partial charge in [0, 0.05) is 20.6 Å². The van der Waals surface area contributed by atoms with Gasteiger partial charge in [-0.1, -0.05) is 29.8 Å². The van der Waals surface area contributed by atoms with Crippen LogP contribution in [0.2, 0.25) is 0 Å². The fraction of sp³-hybridized carbons (Fsp3) is 0.308. The fourth-order valence-corrected chi connectivity index (χ4v) is 2.41. The van der Waals surface area contributed by atoms with Crippen LogP contribution in [0, 0.1) is 3.57 Å². The molecule has 2 aromatic rings. The van der Waals surface area contributed by atoms with E-state index in [1.54, 1.807) is 6.26 Å². The monoisotopic (exact) mass is 420 g/mol. The van der Waals surface area contributed by atoms with Crippen molar-refractivity contribution in [3.05, 3.63) is 38.2 Å². The molecule has 0 saturated carbocycles. The highest BCUT2D eigenvalue weighted by atomic mass is 127. The first-order valence-electron chi connectivity index (χ1n) is 5.69. The highest BCUT2D eigenvalue weighted by Crippen LogP contribution is 2.27. The molecule has 0 aliphatic rings. The van der Waals surface area contributed by atoms with Crippen molar-refractivity contribution in [1.29, 1.82) is 0 Å². The molecule has 2 rings (SSSR count). The van der Waals surface area contributed by atoms with E-state index < -0.39 is 0 Å². The number of aromatic nitrogens is 1. The van der Waals surface area contributed by atoms with Crippen molar-refractivity contribution in [2.24, 2.45) is 0 Å². The second kappa shape index (κ2) is 6.16. The highest BCUT2D eigenvalue weighted by molar-refractivity contribution is 14.1. The molecule has 96 valence electrons. The van der Waals surface area contributed by atoms with E-state index in [0.29, 0.717) is 11.9 Å². The summed E-state index contributed by atoms with van der Waals surface area (Å²) >= 11 is 5.75. The Morgan fingerprint density at radius 3 is 2.94 bits per heavy atom. The van der Waals surface area contributed by atoms with Gasteiger partial charge in [0.05, 0.1) is 11.3 Å². The minimum atomic E-state index is 0.441. The zero-order valence-corrected chi connectivity index (χ0v) is 13.9. The molecule has 0 unspecified atom stereocenters. The smallest absolute Gasteiger partial charge is 0.227 e. The van der Waals surface area contributed by atoms with E-state index in [9.17, 15) is 0 Å². The minimum Gasteiger partial charge on any atom is -0.444 e. The topological polar surface area (TPSA) is 38.1 Å². The summed E-state index contributed by atoms with van der Waals surface area (Å²) in [6.07, 6.45) is 1.71. The number of halogens is 2. The summed E-state index contributed by atoms with van der Waals surface area (Å²) in [7, 11) is 0. The summed E-state index contributed by atoms with van der Waals surface area (Å²) < 4.78 is 7.69. The van der Waals surface area contributed by atoms with Gasteiger partial charge in [0.25, 0.3) is 0 Å². The number of nitrogens with zero attached hydrogens (tertiary/aromatic N) is 1. The van der Waals surface area contributed by atoms with Gasteiger partial charge in [-0.2, -0.15) is 0 Å². The lowest BCUT2D eigenvalue weighted by atomic mass is 10.2. The first kappa shape index (κ1) is 14.0.